The van der Waals surface area contributed by atoms with Crippen LogP contribution in [0.4, 0.5) is 0 Å². The van der Waals surface area contributed by atoms with Gasteiger partial charge in [0.05, 0.1) is 0 Å². The molecule has 0 aliphatic rings. The Morgan fingerprint density at radius 2 is 0.375 bits per heavy atom. The van der Waals surface area contributed by atoms with Gasteiger partial charge >= 0.3 is 162 Å². The first-order chi connectivity index (χ1) is 0. The predicted octanol–water partition coefficient (Wildman–Crippen LogP) is -12.7. The first kappa shape index (κ1) is 73.6. The van der Waals surface area contributed by atoms with Crippen LogP contribution in [0.25, 0.3) is 0 Å². The standard InChI is InChI=1S/2K.2Na.4H2O/h;;;;4*1H2/q4*+1;;;;/p-4. The molecule has 0 radical (unpaired) electrons. The van der Waals surface area contributed by atoms with Crippen LogP contribution in [0.3, 0.4) is 0 Å². The Bertz CT molecular complexity index is 12.0. The fourth-order valence-electron chi connectivity index (χ4n) is 0. The Morgan fingerprint density at radius 3 is 0.375 bits per heavy atom. The molecule has 8 heteroatoms. The summed E-state index contributed by atoms with van der Waals surface area (Å²) >= 11 is 0. The van der Waals surface area contributed by atoms with Gasteiger partial charge in [-0.1, -0.05) is 0 Å². The van der Waals surface area contributed by atoms with Crippen LogP contribution in [0.5, 0.6) is 0 Å². The zero-order valence-corrected chi connectivity index (χ0v) is 16.0. The second-order valence-corrected chi connectivity index (χ2v) is 0. The zero-order chi connectivity index (χ0) is 0. The van der Waals surface area contributed by atoms with Gasteiger partial charge in [-0.15, -0.1) is 0 Å². The second kappa shape index (κ2) is 57.2. The summed E-state index contributed by atoms with van der Waals surface area (Å²) < 4.78 is 0. The maximum atomic E-state index is 0. The molecule has 0 spiro atoms. The van der Waals surface area contributed by atoms with E-state index in [1.807, 2.05) is 0 Å². The van der Waals surface area contributed by atoms with Crippen LogP contribution >= 0.6 is 0 Å². The molecule has 32 valence electrons. The molecule has 0 atom stereocenters. The van der Waals surface area contributed by atoms with Crippen molar-refractivity contribution in [2.24, 2.45) is 0 Å². The smallest absolute Gasteiger partial charge is 0.870 e. The molecule has 0 aliphatic heterocycles. The summed E-state index contributed by atoms with van der Waals surface area (Å²) in [6.07, 6.45) is 0. The Hall–Kier alpha value is 5.11. The molecular weight excluding hydrogens is 188 g/mol. The number of hydrogen-bond acceptors (Lipinski definition) is 4. The normalized spacial score (nSPS) is 0. The SMILES string of the molecule is [K+].[K+].[Na+].[Na+].[OH-].[OH-].[OH-].[OH-]. The third-order valence-electron chi connectivity index (χ3n) is 0. The van der Waals surface area contributed by atoms with Gasteiger partial charge in [0.1, 0.15) is 0 Å². The van der Waals surface area contributed by atoms with Crippen LogP contribution < -0.4 is 162 Å². The topological polar surface area (TPSA) is 120 Å². The molecule has 0 bridgehead atoms. The van der Waals surface area contributed by atoms with Crippen LogP contribution in [0.15, 0.2) is 0 Å². The van der Waals surface area contributed by atoms with E-state index in [1.165, 1.54) is 0 Å². The summed E-state index contributed by atoms with van der Waals surface area (Å²) in [4.78, 5) is 0. The molecule has 0 saturated carbocycles. The molecule has 0 rings (SSSR count). The summed E-state index contributed by atoms with van der Waals surface area (Å²) in [7, 11) is 0. The van der Waals surface area contributed by atoms with E-state index in [0.29, 0.717) is 0 Å². The number of rotatable bonds is 0. The summed E-state index contributed by atoms with van der Waals surface area (Å²) in [5, 5.41) is 0. The molecule has 0 aromatic rings. The molecule has 0 saturated heterocycles. The zero-order valence-electron chi connectivity index (χ0n) is 5.79. The molecule has 4 N–H and O–H groups in total. The Labute approximate surface area is 178 Å². The Morgan fingerprint density at radius 1 is 0.375 bits per heavy atom. The molecule has 0 fully saturated rings. The average Bonchev–Trinajstić information content (AvgIpc) is 0. The molecule has 8 heavy (non-hydrogen) atoms. The molecule has 0 aromatic carbocycles. The molecule has 4 nitrogen and oxygen atoms in total. The fraction of sp³-hybridized carbons (Fsp3) is 0. The van der Waals surface area contributed by atoms with E-state index in [0.717, 1.165) is 0 Å². The Balaban J connectivity index is 0. The van der Waals surface area contributed by atoms with E-state index < -0.39 is 0 Å². The fourth-order valence-corrected chi connectivity index (χ4v) is 0. The van der Waals surface area contributed by atoms with Crippen LogP contribution in [0.1, 0.15) is 0 Å². The van der Waals surface area contributed by atoms with E-state index in [1.54, 1.807) is 0 Å². The van der Waals surface area contributed by atoms with Gasteiger partial charge in [-0.2, -0.15) is 0 Å². The van der Waals surface area contributed by atoms with Crippen molar-refractivity contribution in [1.29, 1.82) is 0 Å². The van der Waals surface area contributed by atoms with Crippen LogP contribution in [0, 0.1) is 0 Å². The monoisotopic (exact) mass is 192 g/mol. The second-order valence-electron chi connectivity index (χ2n) is 0. The van der Waals surface area contributed by atoms with E-state index in [4.69, 9.17) is 0 Å². The van der Waals surface area contributed by atoms with Gasteiger partial charge in [0.25, 0.3) is 0 Å². The largest absolute Gasteiger partial charge is 1.00 e. The van der Waals surface area contributed by atoms with E-state index in [9.17, 15) is 0 Å². The van der Waals surface area contributed by atoms with Gasteiger partial charge in [-0.05, 0) is 0 Å². The van der Waals surface area contributed by atoms with Crippen molar-refractivity contribution in [3.8, 4) is 0 Å². The Kier molecular flexibility index (Phi) is 526. The molecule has 0 aliphatic carbocycles. The molecule has 0 amide bonds. The van der Waals surface area contributed by atoms with Gasteiger partial charge < -0.3 is 21.9 Å². The first-order valence-corrected chi connectivity index (χ1v) is 0. The summed E-state index contributed by atoms with van der Waals surface area (Å²) in [6, 6.07) is 0. The van der Waals surface area contributed by atoms with Gasteiger partial charge in [-0.3, -0.25) is 0 Å². The van der Waals surface area contributed by atoms with Crippen molar-refractivity contribution < 1.29 is 184 Å². The van der Waals surface area contributed by atoms with Crippen molar-refractivity contribution >= 4 is 0 Å². The van der Waals surface area contributed by atoms with E-state index in [2.05, 4.69) is 0 Å². The van der Waals surface area contributed by atoms with Gasteiger partial charge in [0, 0.05) is 0 Å². The van der Waals surface area contributed by atoms with E-state index in [-0.39, 0.29) is 184 Å². The average molecular weight is 192 g/mol. The van der Waals surface area contributed by atoms with Crippen molar-refractivity contribution in [2.75, 3.05) is 0 Å². The maximum absolute atomic E-state index is 0. The molecule has 0 aromatic heterocycles. The molecule has 0 heterocycles. The van der Waals surface area contributed by atoms with Crippen LogP contribution in [-0.4, -0.2) is 21.9 Å². The van der Waals surface area contributed by atoms with Crippen molar-refractivity contribution in [1.82, 2.24) is 0 Å². The van der Waals surface area contributed by atoms with Gasteiger partial charge in [0.2, 0.25) is 0 Å². The molecular formula is H4K2Na2O4. The van der Waals surface area contributed by atoms with Crippen LogP contribution in [-0.2, 0) is 0 Å². The summed E-state index contributed by atoms with van der Waals surface area (Å²) in [6.45, 7) is 0. The first-order valence-electron chi connectivity index (χ1n) is 0. The minimum absolute atomic E-state index is 0. The number of hydrogen-bond donors (Lipinski definition) is 0. The van der Waals surface area contributed by atoms with Crippen LogP contribution in [0.2, 0.25) is 0 Å². The molecule has 0 unspecified atom stereocenters. The third kappa shape index (κ3) is 43.5. The summed E-state index contributed by atoms with van der Waals surface area (Å²) in [5.41, 5.74) is 0. The third-order valence-corrected chi connectivity index (χ3v) is 0. The minimum atomic E-state index is 0. The maximum Gasteiger partial charge on any atom is 1.00 e. The van der Waals surface area contributed by atoms with Crippen molar-refractivity contribution in [3.05, 3.63) is 0 Å². The van der Waals surface area contributed by atoms with Gasteiger partial charge in [-0.25, -0.2) is 0 Å². The summed E-state index contributed by atoms with van der Waals surface area (Å²) in [5.74, 6) is 0. The van der Waals surface area contributed by atoms with Crippen molar-refractivity contribution in [3.63, 3.8) is 0 Å². The minimum Gasteiger partial charge on any atom is -0.870 e. The van der Waals surface area contributed by atoms with Crippen molar-refractivity contribution in [2.45, 2.75) is 0 Å². The quantitative estimate of drug-likeness (QED) is 0.354. The predicted molar refractivity (Wildman–Crippen MR) is 7.74 cm³/mol. The van der Waals surface area contributed by atoms with Gasteiger partial charge in [0.15, 0.2) is 0 Å². The van der Waals surface area contributed by atoms with E-state index >= 15 is 0 Å².